The van der Waals surface area contributed by atoms with Gasteiger partial charge in [0.25, 0.3) is 0 Å². The van der Waals surface area contributed by atoms with Crippen LogP contribution in [0.15, 0.2) is 53.7 Å². The number of hydrogen-bond donors (Lipinski definition) is 2. The van der Waals surface area contributed by atoms with Crippen LogP contribution in [0.3, 0.4) is 0 Å². The largest absolute Gasteiger partial charge is 0.339 e. The molecule has 0 unspecified atom stereocenters. The average molecular weight is 262 g/mol. The summed E-state index contributed by atoms with van der Waals surface area (Å²) < 4.78 is 0. The van der Waals surface area contributed by atoms with Crippen molar-refractivity contribution in [1.82, 2.24) is 19.9 Å². The maximum atomic E-state index is 11.4. The van der Waals surface area contributed by atoms with Crippen molar-refractivity contribution in [2.24, 2.45) is 0 Å². The summed E-state index contributed by atoms with van der Waals surface area (Å²) in [6.07, 6.45) is 5.19. The third-order valence-corrected chi connectivity index (χ3v) is 3.33. The lowest BCUT2D eigenvalue weighted by Crippen LogP contribution is -2.02. The van der Waals surface area contributed by atoms with E-state index in [2.05, 4.69) is 19.9 Å². The van der Waals surface area contributed by atoms with Gasteiger partial charge in [-0.3, -0.25) is 9.78 Å². The van der Waals surface area contributed by atoms with Crippen molar-refractivity contribution in [3.63, 3.8) is 0 Å². The first kappa shape index (κ1) is 10.9. The second kappa shape index (κ2) is 4.03. The van der Waals surface area contributed by atoms with Gasteiger partial charge in [-0.05, 0) is 24.3 Å². The molecule has 0 saturated carbocycles. The Hall–Kier alpha value is -2.95. The molecule has 0 spiro atoms. The highest BCUT2D eigenvalue weighted by molar-refractivity contribution is 6.05. The minimum atomic E-state index is -0.134. The smallest absolute Gasteiger partial charge is 0.248 e. The van der Waals surface area contributed by atoms with Gasteiger partial charge < -0.3 is 9.97 Å². The van der Waals surface area contributed by atoms with E-state index in [-0.39, 0.29) is 5.56 Å². The van der Waals surface area contributed by atoms with Gasteiger partial charge in [-0.1, -0.05) is 0 Å². The summed E-state index contributed by atoms with van der Waals surface area (Å²) in [4.78, 5) is 26.0. The molecule has 20 heavy (non-hydrogen) atoms. The van der Waals surface area contributed by atoms with Crippen molar-refractivity contribution >= 4 is 21.9 Å². The summed E-state index contributed by atoms with van der Waals surface area (Å²) in [6.45, 7) is 0. The maximum absolute atomic E-state index is 11.4. The zero-order valence-corrected chi connectivity index (χ0v) is 10.4. The van der Waals surface area contributed by atoms with Gasteiger partial charge in [0.15, 0.2) is 0 Å². The van der Waals surface area contributed by atoms with Crippen LogP contribution in [-0.4, -0.2) is 19.9 Å². The van der Waals surface area contributed by atoms with Crippen molar-refractivity contribution in [3.8, 4) is 11.3 Å². The Morgan fingerprint density at radius 1 is 1.05 bits per heavy atom. The highest BCUT2D eigenvalue weighted by atomic mass is 16.1. The summed E-state index contributed by atoms with van der Waals surface area (Å²) in [5.74, 6) is 0. The number of nitrogens with zero attached hydrogens (tertiary/aromatic N) is 2. The van der Waals surface area contributed by atoms with E-state index in [0.29, 0.717) is 0 Å². The van der Waals surface area contributed by atoms with Gasteiger partial charge in [0, 0.05) is 41.0 Å². The summed E-state index contributed by atoms with van der Waals surface area (Å²) >= 11 is 0. The molecule has 0 aliphatic rings. The van der Waals surface area contributed by atoms with Crippen molar-refractivity contribution < 1.29 is 0 Å². The van der Waals surface area contributed by atoms with Gasteiger partial charge >= 0.3 is 0 Å². The average Bonchev–Trinajstić information content (AvgIpc) is 2.85. The molecule has 0 aliphatic heterocycles. The van der Waals surface area contributed by atoms with E-state index in [4.69, 9.17) is 0 Å². The summed E-state index contributed by atoms with van der Waals surface area (Å²) in [5.41, 5.74) is 3.23. The Morgan fingerprint density at radius 3 is 2.90 bits per heavy atom. The second-order valence-electron chi connectivity index (χ2n) is 4.58. The van der Waals surface area contributed by atoms with Crippen LogP contribution in [-0.2, 0) is 0 Å². The van der Waals surface area contributed by atoms with E-state index < -0.39 is 0 Å². The molecule has 4 rings (SSSR count). The predicted octanol–water partition coefficient (Wildman–Crippen LogP) is 2.47. The molecule has 0 radical (unpaired) electrons. The summed E-state index contributed by atoms with van der Waals surface area (Å²) in [6, 6.07) is 9.21. The van der Waals surface area contributed by atoms with Gasteiger partial charge in [0.1, 0.15) is 5.65 Å². The molecule has 0 saturated heterocycles. The number of H-pyrrole nitrogens is 2. The van der Waals surface area contributed by atoms with E-state index in [1.807, 2.05) is 30.5 Å². The van der Waals surface area contributed by atoms with Crippen LogP contribution in [0.1, 0.15) is 0 Å². The first-order chi connectivity index (χ1) is 9.81. The first-order valence-corrected chi connectivity index (χ1v) is 6.23. The van der Waals surface area contributed by atoms with Crippen LogP contribution < -0.4 is 5.56 Å². The molecule has 4 heterocycles. The number of aromatic amines is 2. The van der Waals surface area contributed by atoms with Crippen molar-refractivity contribution in [3.05, 3.63) is 59.3 Å². The number of fused-ring (bicyclic) bond motifs is 3. The van der Waals surface area contributed by atoms with Crippen LogP contribution >= 0.6 is 0 Å². The van der Waals surface area contributed by atoms with Crippen molar-refractivity contribution in [1.29, 1.82) is 0 Å². The maximum Gasteiger partial charge on any atom is 0.248 e. The molecule has 0 fully saturated rings. The number of pyridine rings is 3. The molecule has 4 aromatic heterocycles. The molecule has 5 heteroatoms. The normalized spacial score (nSPS) is 11.2. The lowest BCUT2D eigenvalue weighted by atomic mass is 10.1. The molecule has 0 atom stereocenters. The predicted molar refractivity (Wildman–Crippen MR) is 77.5 cm³/mol. The number of rotatable bonds is 1. The third-order valence-electron chi connectivity index (χ3n) is 3.33. The Balaban J connectivity index is 1.99. The molecule has 0 bridgehead atoms. The zero-order valence-electron chi connectivity index (χ0n) is 10.4. The van der Waals surface area contributed by atoms with Gasteiger partial charge in [-0.25, -0.2) is 4.98 Å². The molecule has 2 N–H and O–H groups in total. The van der Waals surface area contributed by atoms with Crippen LogP contribution in [0.2, 0.25) is 0 Å². The summed E-state index contributed by atoms with van der Waals surface area (Å²) in [7, 11) is 0. The lowest BCUT2D eigenvalue weighted by Gasteiger charge is -1.99. The fraction of sp³-hybridized carbons (Fsp3) is 0. The molecule has 0 amide bonds. The molecular weight excluding hydrogens is 252 g/mol. The van der Waals surface area contributed by atoms with Crippen LogP contribution in [0, 0.1) is 0 Å². The Labute approximate surface area is 113 Å². The van der Waals surface area contributed by atoms with Gasteiger partial charge in [0.05, 0.1) is 11.2 Å². The lowest BCUT2D eigenvalue weighted by molar-refractivity contribution is 1.23. The van der Waals surface area contributed by atoms with E-state index >= 15 is 0 Å². The Bertz CT molecular complexity index is 984. The molecular formula is C15H10N4O. The number of aromatic nitrogens is 4. The first-order valence-electron chi connectivity index (χ1n) is 6.23. The highest BCUT2D eigenvalue weighted by Gasteiger charge is 2.07. The SMILES string of the molecule is O=c1cc(-c2ccc3c(n2)[nH]c2ccncc23)cc[nH]1. The quantitative estimate of drug-likeness (QED) is 0.553. The van der Waals surface area contributed by atoms with Crippen LogP contribution in [0.4, 0.5) is 0 Å². The van der Waals surface area contributed by atoms with Crippen LogP contribution in [0.5, 0.6) is 0 Å². The summed E-state index contributed by atoms with van der Waals surface area (Å²) in [5, 5.41) is 2.08. The van der Waals surface area contributed by atoms with E-state index in [1.165, 1.54) is 0 Å². The van der Waals surface area contributed by atoms with E-state index in [9.17, 15) is 4.79 Å². The fourth-order valence-electron chi connectivity index (χ4n) is 2.38. The molecule has 96 valence electrons. The minimum Gasteiger partial charge on any atom is -0.339 e. The second-order valence-corrected chi connectivity index (χ2v) is 4.58. The van der Waals surface area contributed by atoms with Crippen molar-refractivity contribution in [2.75, 3.05) is 0 Å². The van der Waals surface area contributed by atoms with Crippen LogP contribution in [0.25, 0.3) is 33.2 Å². The molecule has 0 aliphatic carbocycles. The Morgan fingerprint density at radius 2 is 2.00 bits per heavy atom. The van der Waals surface area contributed by atoms with E-state index in [1.54, 1.807) is 18.5 Å². The minimum absolute atomic E-state index is 0.134. The van der Waals surface area contributed by atoms with E-state index in [0.717, 1.165) is 33.2 Å². The molecule has 4 aromatic rings. The topological polar surface area (TPSA) is 74.4 Å². The standard InChI is InChI=1S/C15H10N4O/c20-14-7-9(3-6-17-14)12-2-1-10-11-8-16-5-4-13(11)19-15(10)18-12/h1-8H,(H,17,20)(H,18,19). The third kappa shape index (κ3) is 1.60. The molecule has 0 aromatic carbocycles. The van der Waals surface area contributed by atoms with Gasteiger partial charge in [0.2, 0.25) is 5.56 Å². The molecule has 5 nitrogen and oxygen atoms in total. The number of hydrogen-bond acceptors (Lipinski definition) is 3. The van der Waals surface area contributed by atoms with Gasteiger partial charge in [-0.2, -0.15) is 0 Å². The zero-order chi connectivity index (χ0) is 13.5. The van der Waals surface area contributed by atoms with Crippen molar-refractivity contribution in [2.45, 2.75) is 0 Å². The number of nitrogens with one attached hydrogen (secondary N) is 2. The monoisotopic (exact) mass is 262 g/mol. The van der Waals surface area contributed by atoms with Gasteiger partial charge in [-0.15, -0.1) is 0 Å². The fourth-order valence-corrected chi connectivity index (χ4v) is 2.38. The highest BCUT2D eigenvalue weighted by Crippen LogP contribution is 2.25. The Kier molecular flexibility index (Phi) is 2.20.